The SMILES string of the molecule is Cc1ccccc1Nc1nncc(Nc2c(Cl)cccc2Cl)n1. The maximum absolute atomic E-state index is 6.14. The summed E-state index contributed by atoms with van der Waals surface area (Å²) in [5.41, 5.74) is 2.59. The molecule has 0 fully saturated rings. The summed E-state index contributed by atoms with van der Waals surface area (Å²) in [5.74, 6) is 0.874. The zero-order valence-electron chi connectivity index (χ0n) is 12.2. The third-order valence-electron chi connectivity index (χ3n) is 3.17. The Hall–Kier alpha value is -2.37. The third-order valence-corrected chi connectivity index (χ3v) is 3.80. The molecule has 0 aliphatic heterocycles. The van der Waals surface area contributed by atoms with Gasteiger partial charge in [0.05, 0.1) is 21.9 Å². The van der Waals surface area contributed by atoms with Gasteiger partial charge in [-0.2, -0.15) is 10.1 Å². The highest BCUT2D eigenvalue weighted by Gasteiger charge is 2.08. The predicted molar refractivity (Wildman–Crippen MR) is 94.0 cm³/mol. The van der Waals surface area contributed by atoms with Crippen LogP contribution in [0.5, 0.6) is 0 Å². The standard InChI is InChI=1S/C16H13Cl2N5/c1-10-5-2-3-8-13(10)20-16-22-14(9-19-23-16)21-15-11(17)6-4-7-12(15)18/h2-9H,1H3,(H2,20,21,22,23). The highest BCUT2D eigenvalue weighted by Crippen LogP contribution is 2.32. The second-order valence-electron chi connectivity index (χ2n) is 4.83. The minimum absolute atomic E-state index is 0.382. The molecule has 0 spiro atoms. The normalized spacial score (nSPS) is 10.4. The van der Waals surface area contributed by atoms with E-state index in [1.54, 1.807) is 18.2 Å². The number of hydrogen-bond donors (Lipinski definition) is 2. The van der Waals surface area contributed by atoms with Crippen molar-refractivity contribution in [1.82, 2.24) is 15.2 Å². The van der Waals surface area contributed by atoms with Crippen molar-refractivity contribution in [2.24, 2.45) is 0 Å². The largest absolute Gasteiger partial charge is 0.336 e. The minimum Gasteiger partial charge on any atom is -0.336 e. The van der Waals surface area contributed by atoms with E-state index >= 15 is 0 Å². The van der Waals surface area contributed by atoms with E-state index in [0.29, 0.717) is 27.5 Å². The van der Waals surface area contributed by atoms with Crippen molar-refractivity contribution in [2.75, 3.05) is 10.6 Å². The molecule has 3 rings (SSSR count). The smallest absolute Gasteiger partial charge is 0.249 e. The Bertz CT molecular complexity index is 818. The molecule has 0 atom stereocenters. The van der Waals surface area contributed by atoms with E-state index in [-0.39, 0.29) is 0 Å². The molecule has 0 unspecified atom stereocenters. The Morgan fingerprint density at radius 1 is 0.913 bits per heavy atom. The van der Waals surface area contributed by atoms with Crippen molar-refractivity contribution in [3.63, 3.8) is 0 Å². The van der Waals surface area contributed by atoms with Gasteiger partial charge in [0.25, 0.3) is 0 Å². The van der Waals surface area contributed by atoms with Crippen molar-refractivity contribution in [2.45, 2.75) is 6.92 Å². The van der Waals surface area contributed by atoms with Gasteiger partial charge in [-0.1, -0.05) is 47.5 Å². The molecule has 0 saturated heterocycles. The van der Waals surface area contributed by atoms with Gasteiger partial charge >= 0.3 is 0 Å². The van der Waals surface area contributed by atoms with Crippen LogP contribution in [-0.2, 0) is 0 Å². The maximum atomic E-state index is 6.14. The number of aromatic nitrogens is 3. The Morgan fingerprint density at radius 2 is 1.65 bits per heavy atom. The van der Waals surface area contributed by atoms with E-state index < -0.39 is 0 Å². The molecule has 0 saturated carbocycles. The van der Waals surface area contributed by atoms with Crippen LogP contribution in [0, 0.1) is 6.92 Å². The molecule has 1 aromatic heterocycles. The summed E-state index contributed by atoms with van der Waals surface area (Å²) in [4.78, 5) is 4.37. The van der Waals surface area contributed by atoms with E-state index in [1.165, 1.54) is 6.20 Å². The van der Waals surface area contributed by atoms with Gasteiger partial charge in [0, 0.05) is 5.69 Å². The average Bonchev–Trinajstić information content (AvgIpc) is 2.54. The zero-order valence-corrected chi connectivity index (χ0v) is 13.7. The van der Waals surface area contributed by atoms with Gasteiger partial charge in [-0.05, 0) is 30.7 Å². The predicted octanol–water partition coefficient (Wildman–Crippen LogP) is 4.97. The Kier molecular flexibility index (Phi) is 4.60. The number of hydrogen-bond acceptors (Lipinski definition) is 5. The first-order chi connectivity index (χ1) is 11.1. The van der Waals surface area contributed by atoms with Gasteiger partial charge in [0.2, 0.25) is 5.95 Å². The van der Waals surface area contributed by atoms with E-state index in [0.717, 1.165) is 11.3 Å². The monoisotopic (exact) mass is 345 g/mol. The lowest BCUT2D eigenvalue weighted by Gasteiger charge is -2.11. The number of nitrogens with zero attached hydrogens (tertiary/aromatic N) is 3. The van der Waals surface area contributed by atoms with Crippen LogP contribution in [0.4, 0.5) is 23.1 Å². The van der Waals surface area contributed by atoms with Crippen molar-refractivity contribution in [1.29, 1.82) is 0 Å². The lowest BCUT2D eigenvalue weighted by Crippen LogP contribution is -2.03. The molecule has 0 aliphatic rings. The fourth-order valence-corrected chi connectivity index (χ4v) is 2.49. The first kappa shape index (κ1) is 15.5. The summed E-state index contributed by atoms with van der Waals surface area (Å²) >= 11 is 12.3. The molecule has 2 aromatic carbocycles. The molecule has 5 nitrogen and oxygen atoms in total. The first-order valence-corrected chi connectivity index (χ1v) is 7.62. The average molecular weight is 346 g/mol. The fraction of sp³-hybridized carbons (Fsp3) is 0.0625. The van der Waals surface area contributed by atoms with E-state index in [1.807, 2.05) is 31.2 Å². The Balaban J connectivity index is 1.84. The fourth-order valence-electron chi connectivity index (χ4n) is 2.00. The van der Waals surface area contributed by atoms with Crippen LogP contribution in [0.15, 0.2) is 48.7 Å². The van der Waals surface area contributed by atoms with Gasteiger partial charge in [0.1, 0.15) is 0 Å². The number of halogens is 2. The van der Waals surface area contributed by atoms with E-state index in [2.05, 4.69) is 25.8 Å². The van der Waals surface area contributed by atoms with Crippen molar-refractivity contribution >= 4 is 46.3 Å². The van der Waals surface area contributed by atoms with Gasteiger partial charge in [-0.3, -0.25) is 0 Å². The van der Waals surface area contributed by atoms with Crippen LogP contribution >= 0.6 is 23.2 Å². The van der Waals surface area contributed by atoms with Crippen LogP contribution in [-0.4, -0.2) is 15.2 Å². The van der Waals surface area contributed by atoms with Gasteiger partial charge < -0.3 is 10.6 Å². The summed E-state index contributed by atoms with van der Waals surface area (Å²) in [6.07, 6.45) is 1.50. The van der Waals surface area contributed by atoms with E-state index in [9.17, 15) is 0 Å². The van der Waals surface area contributed by atoms with Crippen molar-refractivity contribution in [3.05, 3.63) is 64.3 Å². The second kappa shape index (κ2) is 6.81. The van der Waals surface area contributed by atoms with Gasteiger partial charge in [-0.25, -0.2) is 0 Å². The molecule has 2 N–H and O–H groups in total. The van der Waals surface area contributed by atoms with Crippen LogP contribution in [0.25, 0.3) is 0 Å². The van der Waals surface area contributed by atoms with Crippen LogP contribution in [0.2, 0.25) is 10.0 Å². The summed E-state index contributed by atoms with van der Waals surface area (Å²) in [6, 6.07) is 13.1. The lowest BCUT2D eigenvalue weighted by molar-refractivity contribution is 0.982. The highest BCUT2D eigenvalue weighted by atomic mass is 35.5. The number of rotatable bonds is 4. The molecule has 0 radical (unpaired) electrons. The number of benzene rings is 2. The molecule has 116 valence electrons. The zero-order chi connectivity index (χ0) is 16.2. The van der Waals surface area contributed by atoms with Gasteiger partial charge in [0.15, 0.2) is 5.82 Å². The summed E-state index contributed by atoms with van der Waals surface area (Å²) < 4.78 is 0. The molecule has 0 aliphatic carbocycles. The summed E-state index contributed by atoms with van der Waals surface area (Å²) in [6.45, 7) is 2.00. The van der Waals surface area contributed by atoms with Crippen LogP contribution < -0.4 is 10.6 Å². The molecule has 23 heavy (non-hydrogen) atoms. The molecule has 0 bridgehead atoms. The summed E-state index contributed by atoms with van der Waals surface area (Å²) in [7, 11) is 0. The molecule has 0 amide bonds. The number of anilines is 4. The number of para-hydroxylation sites is 2. The first-order valence-electron chi connectivity index (χ1n) is 6.87. The second-order valence-corrected chi connectivity index (χ2v) is 5.64. The van der Waals surface area contributed by atoms with Crippen LogP contribution in [0.1, 0.15) is 5.56 Å². The van der Waals surface area contributed by atoms with Gasteiger partial charge in [-0.15, -0.1) is 5.10 Å². The Morgan fingerprint density at radius 3 is 2.39 bits per heavy atom. The van der Waals surface area contributed by atoms with E-state index in [4.69, 9.17) is 23.2 Å². The molecular formula is C16H13Cl2N5. The Labute approximate surface area is 143 Å². The molecule has 1 heterocycles. The highest BCUT2D eigenvalue weighted by molar-refractivity contribution is 6.39. The molecule has 3 aromatic rings. The van der Waals surface area contributed by atoms with Crippen molar-refractivity contribution in [3.8, 4) is 0 Å². The van der Waals surface area contributed by atoms with Crippen molar-refractivity contribution < 1.29 is 0 Å². The molecule has 7 heteroatoms. The number of aryl methyl sites for hydroxylation is 1. The summed E-state index contributed by atoms with van der Waals surface area (Å²) in [5, 5.41) is 15.1. The lowest BCUT2D eigenvalue weighted by atomic mass is 10.2. The third kappa shape index (κ3) is 3.70. The minimum atomic E-state index is 0.382. The topological polar surface area (TPSA) is 62.7 Å². The van der Waals surface area contributed by atoms with Crippen LogP contribution in [0.3, 0.4) is 0 Å². The maximum Gasteiger partial charge on any atom is 0.249 e. The number of nitrogens with one attached hydrogen (secondary N) is 2. The molecular weight excluding hydrogens is 333 g/mol. The quantitative estimate of drug-likeness (QED) is 0.698.